The van der Waals surface area contributed by atoms with Crippen molar-refractivity contribution in [2.75, 3.05) is 19.0 Å². The molecule has 0 saturated heterocycles. The molecular weight excluding hydrogens is 488 g/mol. The van der Waals surface area contributed by atoms with E-state index in [1.165, 1.54) is 11.6 Å². The van der Waals surface area contributed by atoms with Gasteiger partial charge in [0.15, 0.2) is 5.71 Å². The van der Waals surface area contributed by atoms with Gasteiger partial charge in [0.25, 0.3) is 0 Å². The molecule has 39 heavy (non-hydrogen) atoms. The standard InChI is InChI=1S/C33H32N2O4/c1-32(2)22-11-7-9-13-24(22)34(5)26(32)16-20-28(36)18(29(20)37)15-19-30(38)21(31(19)39)17-27-33(3,4)23-12-8-10-14-25(23)35(27)6/h7-16,27H,17H2,1-6H3,(H-,36,37,38,39)/p+1. The molecule has 1 aliphatic carbocycles. The number of hydrogen-bond donors (Lipinski definition) is 2. The summed E-state index contributed by atoms with van der Waals surface area (Å²) in [5.74, 6) is -0.112. The lowest BCUT2D eigenvalue weighted by molar-refractivity contribution is -0.400. The smallest absolute Gasteiger partial charge is 0.209 e. The number of hydrogen-bond acceptors (Lipinski definition) is 5. The predicted octanol–water partition coefficient (Wildman–Crippen LogP) is 3.37. The quantitative estimate of drug-likeness (QED) is 0.515. The highest BCUT2D eigenvalue weighted by Gasteiger charge is 2.45. The van der Waals surface area contributed by atoms with E-state index < -0.39 is 0 Å². The fourth-order valence-corrected chi connectivity index (χ4v) is 6.80. The van der Waals surface area contributed by atoms with Crippen molar-refractivity contribution >= 4 is 29.2 Å². The van der Waals surface area contributed by atoms with Crippen LogP contribution < -0.4 is 26.2 Å². The van der Waals surface area contributed by atoms with Gasteiger partial charge in [-0.3, -0.25) is 9.59 Å². The lowest BCUT2D eigenvalue weighted by Gasteiger charge is -2.35. The third-order valence-electron chi connectivity index (χ3n) is 9.25. The molecule has 6 heteroatoms. The normalized spacial score (nSPS) is 20.9. The zero-order valence-electron chi connectivity index (χ0n) is 23.2. The van der Waals surface area contributed by atoms with Crippen molar-refractivity contribution in [1.82, 2.24) is 0 Å². The number of nitrogens with zero attached hydrogens (tertiary/aromatic N) is 2. The summed E-state index contributed by atoms with van der Waals surface area (Å²) < 4.78 is 2.02. The fourth-order valence-electron chi connectivity index (χ4n) is 6.80. The number of likely N-dealkylation sites (N-methyl/N-ethyl adjacent to an activating group) is 1. The van der Waals surface area contributed by atoms with Crippen LogP contribution in [0.2, 0.25) is 0 Å². The van der Waals surface area contributed by atoms with Crippen molar-refractivity contribution in [1.29, 1.82) is 0 Å². The SMILES string of the molecule is CN1c2ccccc2C(C)(C)C1CC1=C(O)C(C=c2c(=O)c(=CC3=[N+](C)c4ccccc4C3(C)C)c2=O)=C1O. The Balaban J connectivity index is 1.30. The molecule has 0 aromatic heterocycles. The van der Waals surface area contributed by atoms with Crippen LogP contribution in [-0.4, -0.2) is 40.6 Å². The second-order valence-corrected chi connectivity index (χ2v) is 12.0. The van der Waals surface area contributed by atoms with E-state index in [2.05, 4.69) is 50.8 Å². The second-order valence-electron chi connectivity index (χ2n) is 12.0. The molecule has 2 heterocycles. The molecule has 3 aromatic carbocycles. The first-order chi connectivity index (χ1) is 18.4. The number of anilines is 1. The molecule has 0 fully saturated rings. The van der Waals surface area contributed by atoms with Crippen LogP contribution in [0.1, 0.15) is 45.2 Å². The van der Waals surface area contributed by atoms with Gasteiger partial charge < -0.3 is 15.1 Å². The molecule has 3 aromatic rings. The predicted molar refractivity (Wildman–Crippen MR) is 155 cm³/mol. The number of aliphatic hydroxyl groups is 2. The van der Waals surface area contributed by atoms with Crippen LogP contribution in [0.4, 0.5) is 11.4 Å². The molecule has 0 radical (unpaired) electrons. The highest BCUT2D eigenvalue weighted by Crippen LogP contribution is 2.48. The van der Waals surface area contributed by atoms with Crippen LogP contribution in [0.25, 0.3) is 12.2 Å². The van der Waals surface area contributed by atoms with Gasteiger partial charge in [0, 0.05) is 53.9 Å². The highest BCUT2D eigenvalue weighted by molar-refractivity contribution is 6.15. The first-order valence-corrected chi connectivity index (χ1v) is 13.3. The van der Waals surface area contributed by atoms with Crippen LogP contribution in [0.3, 0.4) is 0 Å². The fraction of sp³-hybridized carbons (Fsp3) is 0.303. The maximum Gasteiger partial charge on any atom is 0.209 e. The van der Waals surface area contributed by atoms with E-state index in [0.717, 1.165) is 22.6 Å². The largest absolute Gasteiger partial charge is 0.507 e. The summed E-state index contributed by atoms with van der Waals surface area (Å²) in [5.41, 5.74) is 4.74. The lowest BCUT2D eigenvalue weighted by atomic mass is 9.76. The Labute approximate surface area is 227 Å². The molecule has 198 valence electrons. The summed E-state index contributed by atoms with van der Waals surface area (Å²) in [6.07, 6.45) is 3.46. The summed E-state index contributed by atoms with van der Waals surface area (Å²) in [4.78, 5) is 28.3. The minimum absolute atomic E-state index is 0.0179. The van der Waals surface area contributed by atoms with E-state index in [1.54, 1.807) is 6.08 Å². The third-order valence-corrected chi connectivity index (χ3v) is 9.25. The summed E-state index contributed by atoms with van der Waals surface area (Å²) in [5, 5.41) is 21.8. The van der Waals surface area contributed by atoms with Crippen molar-refractivity contribution in [3.63, 3.8) is 0 Å². The maximum absolute atomic E-state index is 13.1. The second kappa shape index (κ2) is 8.15. The van der Waals surface area contributed by atoms with E-state index in [-0.39, 0.29) is 55.3 Å². The van der Waals surface area contributed by atoms with Crippen molar-refractivity contribution in [2.45, 2.75) is 51.0 Å². The Kier molecular flexibility index (Phi) is 5.25. The molecule has 6 nitrogen and oxygen atoms in total. The van der Waals surface area contributed by atoms with E-state index in [0.29, 0.717) is 12.0 Å². The van der Waals surface area contributed by atoms with Gasteiger partial charge in [-0.25, -0.2) is 0 Å². The van der Waals surface area contributed by atoms with Gasteiger partial charge in [0.2, 0.25) is 16.5 Å². The van der Waals surface area contributed by atoms with Gasteiger partial charge in [0.05, 0.1) is 21.4 Å². The van der Waals surface area contributed by atoms with E-state index in [9.17, 15) is 19.8 Å². The Morgan fingerprint density at radius 1 is 0.872 bits per heavy atom. The van der Waals surface area contributed by atoms with E-state index in [1.807, 2.05) is 49.0 Å². The minimum Gasteiger partial charge on any atom is -0.507 e. The molecule has 2 N–H and O–H groups in total. The number of aliphatic hydroxyl groups excluding tert-OH is 2. The molecule has 2 aliphatic heterocycles. The molecule has 6 rings (SSSR count). The zero-order chi connectivity index (χ0) is 28.0. The number of fused-ring (bicyclic) bond motifs is 2. The first-order valence-electron chi connectivity index (χ1n) is 13.3. The maximum atomic E-state index is 13.1. The van der Waals surface area contributed by atoms with Gasteiger partial charge in [-0.05, 0) is 31.6 Å². The van der Waals surface area contributed by atoms with Crippen LogP contribution in [0, 0.1) is 0 Å². The van der Waals surface area contributed by atoms with E-state index in [4.69, 9.17) is 0 Å². The molecule has 0 saturated carbocycles. The van der Waals surface area contributed by atoms with Crippen LogP contribution in [0.15, 0.2) is 80.8 Å². The van der Waals surface area contributed by atoms with Gasteiger partial charge in [-0.1, -0.05) is 50.2 Å². The molecule has 3 aliphatic rings. The number of allylic oxidation sites excluding steroid dienone is 2. The third kappa shape index (κ3) is 3.30. The Morgan fingerprint density at radius 3 is 2.08 bits per heavy atom. The molecule has 1 atom stereocenters. The molecule has 1 unspecified atom stereocenters. The van der Waals surface area contributed by atoms with Crippen molar-refractivity contribution in [3.05, 3.63) is 113 Å². The van der Waals surface area contributed by atoms with Crippen molar-refractivity contribution in [3.8, 4) is 0 Å². The number of rotatable bonds is 4. The first kappa shape index (κ1) is 25.1. The Bertz CT molecular complexity index is 1840. The van der Waals surface area contributed by atoms with Gasteiger partial charge in [-0.15, -0.1) is 0 Å². The molecule has 0 bridgehead atoms. The van der Waals surface area contributed by atoms with Crippen LogP contribution in [-0.2, 0) is 10.8 Å². The average Bonchev–Trinajstić information content (AvgIpc) is 3.23. The zero-order valence-corrected chi connectivity index (χ0v) is 23.2. The monoisotopic (exact) mass is 521 g/mol. The summed E-state index contributed by atoms with van der Waals surface area (Å²) >= 11 is 0. The lowest BCUT2D eigenvalue weighted by Crippen LogP contribution is -2.65. The topological polar surface area (TPSA) is 80.8 Å². The van der Waals surface area contributed by atoms with Crippen molar-refractivity contribution < 1.29 is 14.8 Å². The number of benzene rings is 2. The van der Waals surface area contributed by atoms with Crippen LogP contribution >= 0.6 is 0 Å². The molecule has 0 spiro atoms. The van der Waals surface area contributed by atoms with Crippen LogP contribution in [0.5, 0.6) is 0 Å². The number of para-hydroxylation sites is 2. The molecular formula is C33H33N2O4+. The highest BCUT2D eigenvalue weighted by atomic mass is 16.3. The van der Waals surface area contributed by atoms with Gasteiger partial charge in [0.1, 0.15) is 18.6 Å². The Hall–Kier alpha value is -4.19. The summed E-state index contributed by atoms with van der Waals surface area (Å²) in [6.45, 7) is 8.49. The van der Waals surface area contributed by atoms with Crippen molar-refractivity contribution in [2.24, 2.45) is 0 Å². The summed E-state index contributed by atoms with van der Waals surface area (Å²) in [7, 11) is 3.96. The van der Waals surface area contributed by atoms with Gasteiger partial charge >= 0.3 is 0 Å². The van der Waals surface area contributed by atoms with Gasteiger partial charge in [-0.2, -0.15) is 4.58 Å². The Morgan fingerprint density at radius 2 is 1.46 bits per heavy atom. The average molecular weight is 522 g/mol. The minimum atomic E-state index is -0.374. The van der Waals surface area contributed by atoms with E-state index >= 15 is 0 Å². The summed E-state index contributed by atoms with van der Waals surface area (Å²) in [6, 6.07) is 16.3. The molecule has 0 amide bonds.